The van der Waals surface area contributed by atoms with Gasteiger partial charge in [-0.1, -0.05) is 24.3 Å². The molecule has 2 aromatic carbocycles. The number of thioether (sulfide) groups is 1. The van der Waals surface area contributed by atoms with Crippen LogP contribution < -0.4 is 0 Å². The SMILES string of the molecule is CSc1ccc(/C=C/C(=O)OCc2ccccc2[N+](=O)[O-])cc1. The smallest absolute Gasteiger partial charge is 0.331 e. The van der Waals surface area contributed by atoms with Gasteiger partial charge in [0.1, 0.15) is 6.61 Å². The first kappa shape index (κ1) is 16.8. The van der Waals surface area contributed by atoms with E-state index in [4.69, 9.17) is 4.74 Å². The summed E-state index contributed by atoms with van der Waals surface area (Å²) >= 11 is 1.64. The summed E-state index contributed by atoms with van der Waals surface area (Å²) in [5, 5.41) is 10.9. The van der Waals surface area contributed by atoms with Crippen LogP contribution in [-0.4, -0.2) is 17.1 Å². The largest absolute Gasteiger partial charge is 0.457 e. The molecule has 0 aliphatic rings. The zero-order valence-electron chi connectivity index (χ0n) is 12.5. The highest BCUT2D eigenvalue weighted by atomic mass is 32.2. The van der Waals surface area contributed by atoms with Crippen molar-refractivity contribution in [3.63, 3.8) is 0 Å². The average Bonchev–Trinajstić information content (AvgIpc) is 2.58. The Hall–Kier alpha value is -2.60. The Bertz CT molecular complexity index is 726. The van der Waals surface area contributed by atoms with E-state index in [1.54, 1.807) is 36.0 Å². The summed E-state index contributed by atoms with van der Waals surface area (Å²) in [6, 6.07) is 13.9. The van der Waals surface area contributed by atoms with E-state index in [-0.39, 0.29) is 12.3 Å². The van der Waals surface area contributed by atoms with Crippen LogP contribution in [0.2, 0.25) is 0 Å². The fourth-order valence-corrected chi connectivity index (χ4v) is 2.30. The average molecular weight is 329 g/mol. The van der Waals surface area contributed by atoms with Crippen LogP contribution >= 0.6 is 11.8 Å². The van der Waals surface area contributed by atoms with Crippen LogP contribution in [-0.2, 0) is 16.1 Å². The van der Waals surface area contributed by atoms with Gasteiger partial charge in [0.15, 0.2) is 0 Å². The summed E-state index contributed by atoms with van der Waals surface area (Å²) in [6.45, 7) is -0.133. The molecule has 0 spiro atoms. The van der Waals surface area contributed by atoms with Crippen LogP contribution in [0, 0.1) is 10.1 Å². The van der Waals surface area contributed by atoms with E-state index in [2.05, 4.69) is 0 Å². The molecular weight excluding hydrogens is 314 g/mol. The first-order valence-electron chi connectivity index (χ1n) is 6.81. The van der Waals surface area contributed by atoms with Gasteiger partial charge in [-0.15, -0.1) is 11.8 Å². The Morgan fingerprint density at radius 1 is 1.22 bits per heavy atom. The number of hydrogen-bond donors (Lipinski definition) is 0. The van der Waals surface area contributed by atoms with Crippen molar-refractivity contribution in [2.75, 3.05) is 6.26 Å². The standard InChI is InChI=1S/C17H15NO4S/c1-23-15-9-6-13(7-10-15)8-11-17(19)22-12-14-4-2-3-5-16(14)18(20)21/h2-11H,12H2,1H3/b11-8+. The number of benzene rings is 2. The van der Waals surface area contributed by atoms with Crippen molar-refractivity contribution in [1.29, 1.82) is 0 Å². The van der Waals surface area contributed by atoms with Crippen LogP contribution in [0.4, 0.5) is 5.69 Å². The fourth-order valence-electron chi connectivity index (χ4n) is 1.89. The van der Waals surface area contributed by atoms with Gasteiger partial charge < -0.3 is 4.74 Å². The lowest BCUT2D eigenvalue weighted by Gasteiger charge is -2.03. The van der Waals surface area contributed by atoms with Gasteiger partial charge in [0.05, 0.1) is 10.5 Å². The van der Waals surface area contributed by atoms with Crippen LogP contribution in [0.25, 0.3) is 6.08 Å². The van der Waals surface area contributed by atoms with Crippen LogP contribution in [0.1, 0.15) is 11.1 Å². The topological polar surface area (TPSA) is 69.4 Å². The summed E-state index contributed by atoms with van der Waals surface area (Å²) in [6.07, 6.45) is 4.94. The first-order chi connectivity index (χ1) is 11.1. The number of ether oxygens (including phenoxy) is 1. The number of nitro benzene ring substituents is 1. The fraction of sp³-hybridized carbons (Fsp3) is 0.118. The number of para-hydroxylation sites is 1. The van der Waals surface area contributed by atoms with Gasteiger partial charge >= 0.3 is 5.97 Å². The Labute approximate surface area is 138 Å². The molecule has 6 heteroatoms. The third-order valence-electron chi connectivity index (χ3n) is 3.09. The van der Waals surface area contributed by atoms with E-state index in [0.29, 0.717) is 5.56 Å². The van der Waals surface area contributed by atoms with E-state index in [0.717, 1.165) is 10.5 Å². The molecule has 0 fully saturated rings. The molecule has 0 radical (unpaired) electrons. The van der Waals surface area contributed by atoms with Gasteiger partial charge in [-0.2, -0.15) is 0 Å². The zero-order chi connectivity index (χ0) is 16.7. The summed E-state index contributed by atoms with van der Waals surface area (Å²) in [5.74, 6) is -0.544. The molecule has 0 unspecified atom stereocenters. The van der Waals surface area contributed by atoms with Gasteiger partial charge in [-0.25, -0.2) is 4.79 Å². The molecule has 0 bridgehead atoms. The molecule has 0 heterocycles. The monoisotopic (exact) mass is 329 g/mol. The number of rotatable bonds is 6. The lowest BCUT2D eigenvalue weighted by Crippen LogP contribution is -2.03. The van der Waals surface area contributed by atoms with Gasteiger partial charge in [-0.05, 0) is 36.1 Å². The zero-order valence-corrected chi connectivity index (χ0v) is 13.3. The third kappa shape index (κ3) is 4.96. The van der Waals surface area contributed by atoms with Crippen molar-refractivity contribution in [1.82, 2.24) is 0 Å². The molecule has 5 nitrogen and oxygen atoms in total. The number of carbonyl (C=O) groups is 1. The molecule has 0 N–H and O–H groups in total. The molecule has 2 aromatic rings. The minimum Gasteiger partial charge on any atom is -0.457 e. The number of hydrogen-bond acceptors (Lipinski definition) is 5. The van der Waals surface area contributed by atoms with E-state index >= 15 is 0 Å². The molecule has 0 aliphatic carbocycles. The highest BCUT2D eigenvalue weighted by Crippen LogP contribution is 2.19. The molecular formula is C17H15NO4S. The maximum absolute atomic E-state index is 11.7. The van der Waals surface area contributed by atoms with Gasteiger partial charge in [0.25, 0.3) is 5.69 Å². The molecule has 0 aliphatic heterocycles. The summed E-state index contributed by atoms with van der Waals surface area (Å²) in [5.41, 5.74) is 1.19. The van der Waals surface area contributed by atoms with Crippen LogP contribution in [0.5, 0.6) is 0 Å². The van der Waals surface area contributed by atoms with Crippen LogP contribution in [0.15, 0.2) is 59.5 Å². The second kappa shape index (κ2) is 8.14. The highest BCUT2D eigenvalue weighted by molar-refractivity contribution is 7.98. The number of nitro groups is 1. The van der Waals surface area contributed by atoms with E-state index in [1.165, 1.54) is 12.1 Å². The van der Waals surface area contributed by atoms with Crippen LogP contribution in [0.3, 0.4) is 0 Å². The van der Waals surface area contributed by atoms with Gasteiger partial charge in [-0.3, -0.25) is 10.1 Å². The second-order valence-electron chi connectivity index (χ2n) is 4.60. The Morgan fingerprint density at radius 3 is 2.57 bits per heavy atom. The molecule has 23 heavy (non-hydrogen) atoms. The summed E-state index contributed by atoms with van der Waals surface area (Å²) in [4.78, 5) is 23.2. The molecule has 0 aromatic heterocycles. The number of esters is 1. The maximum Gasteiger partial charge on any atom is 0.331 e. The molecule has 0 atom stereocenters. The molecule has 0 amide bonds. The summed E-state index contributed by atoms with van der Waals surface area (Å²) in [7, 11) is 0. The third-order valence-corrected chi connectivity index (χ3v) is 3.83. The summed E-state index contributed by atoms with van der Waals surface area (Å²) < 4.78 is 5.05. The van der Waals surface area contributed by atoms with Gasteiger partial charge in [0.2, 0.25) is 0 Å². The first-order valence-corrected chi connectivity index (χ1v) is 8.04. The molecule has 0 saturated heterocycles. The van der Waals surface area contributed by atoms with Crippen molar-refractivity contribution >= 4 is 29.5 Å². The normalized spacial score (nSPS) is 10.7. The number of carbonyl (C=O) groups excluding carboxylic acids is 1. The predicted octanol–water partition coefficient (Wildman–Crippen LogP) is 4.07. The van der Waals surface area contributed by atoms with Crippen molar-refractivity contribution in [2.24, 2.45) is 0 Å². The van der Waals surface area contributed by atoms with E-state index in [9.17, 15) is 14.9 Å². The predicted molar refractivity (Wildman–Crippen MR) is 90.1 cm³/mol. The lowest BCUT2D eigenvalue weighted by molar-refractivity contribution is -0.385. The highest BCUT2D eigenvalue weighted by Gasteiger charge is 2.13. The molecule has 2 rings (SSSR count). The molecule has 118 valence electrons. The van der Waals surface area contributed by atoms with Crippen molar-refractivity contribution in [3.05, 3.63) is 75.8 Å². The minimum absolute atomic E-state index is 0.0584. The Morgan fingerprint density at radius 2 is 1.91 bits per heavy atom. The Balaban J connectivity index is 1.94. The maximum atomic E-state index is 11.7. The van der Waals surface area contributed by atoms with Crippen molar-refractivity contribution in [2.45, 2.75) is 11.5 Å². The number of nitrogens with zero attached hydrogens (tertiary/aromatic N) is 1. The van der Waals surface area contributed by atoms with Crippen molar-refractivity contribution < 1.29 is 14.5 Å². The van der Waals surface area contributed by atoms with Gasteiger partial charge in [0, 0.05) is 17.0 Å². The Kier molecular flexibility index (Phi) is 5.94. The quantitative estimate of drug-likeness (QED) is 0.263. The van der Waals surface area contributed by atoms with Crippen molar-refractivity contribution in [3.8, 4) is 0 Å². The van der Waals surface area contributed by atoms with E-state index < -0.39 is 10.9 Å². The molecule has 0 saturated carbocycles. The second-order valence-corrected chi connectivity index (χ2v) is 5.48. The lowest BCUT2D eigenvalue weighted by atomic mass is 10.2. The minimum atomic E-state index is -0.544. The van der Waals surface area contributed by atoms with E-state index in [1.807, 2.05) is 30.5 Å².